The third kappa shape index (κ3) is 15.3. The molecule has 0 saturated heterocycles. The Bertz CT molecular complexity index is 355. The van der Waals surface area contributed by atoms with Crippen LogP contribution in [0.3, 0.4) is 0 Å². The van der Waals surface area contributed by atoms with Gasteiger partial charge in [-0.25, -0.2) is 0 Å². The average molecular weight is 341 g/mol. The molecule has 24 heavy (non-hydrogen) atoms. The first kappa shape index (κ1) is 22.4. The molecular weight excluding hydrogens is 304 g/mol. The molecule has 5 N–H and O–H groups in total. The molecule has 0 aliphatic carbocycles. The standard InChI is InChI=1S/C18H36N4O2/c1-2-3-4-5-6-7-8-9-10-13-17(24)22-16(15-23)12-11-14-21-18(19)20/h15-16H,2-14H2,1H3,(H,22,24)(H4,19,20,21)/t16-/m1/s1. The van der Waals surface area contributed by atoms with Gasteiger partial charge < -0.3 is 21.6 Å². The fourth-order valence-corrected chi connectivity index (χ4v) is 2.57. The lowest BCUT2D eigenvalue weighted by atomic mass is 10.1. The summed E-state index contributed by atoms with van der Waals surface area (Å²) in [6.07, 6.45) is 13.5. The molecule has 1 atom stereocenters. The van der Waals surface area contributed by atoms with E-state index in [4.69, 9.17) is 11.5 Å². The summed E-state index contributed by atoms with van der Waals surface area (Å²) >= 11 is 0. The van der Waals surface area contributed by atoms with Crippen molar-refractivity contribution in [3.8, 4) is 0 Å². The predicted octanol–water partition coefficient (Wildman–Crippen LogP) is 2.64. The highest BCUT2D eigenvalue weighted by atomic mass is 16.2. The van der Waals surface area contributed by atoms with E-state index in [1.54, 1.807) is 0 Å². The summed E-state index contributed by atoms with van der Waals surface area (Å²) in [7, 11) is 0. The van der Waals surface area contributed by atoms with E-state index < -0.39 is 6.04 Å². The maximum absolute atomic E-state index is 11.8. The molecule has 140 valence electrons. The first-order valence-corrected chi connectivity index (χ1v) is 9.40. The summed E-state index contributed by atoms with van der Waals surface area (Å²) in [5.74, 6) is 0.00365. The van der Waals surface area contributed by atoms with E-state index >= 15 is 0 Å². The normalized spacial score (nSPS) is 11.7. The molecule has 0 radical (unpaired) electrons. The number of aldehydes is 1. The molecule has 0 aromatic rings. The summed E-state index contributed by atoms with van der Waals surface area (Å²) in [6.45, 7) is 2.70. The maximum Gasteiger partial charge on any atom is 0.220 e. The zero-order valence-electron chi connectivity index (χ0n) is 15.3. The van der Waals surface area contributed by atoms with Gasteiger partial charge in [-0.1, -0.05) is 58.3 Å². The van der Waals surface area contributed by atoms with Gasteiger partial charge in [-0.2, -0.15) is 0 Å². The quantitative estimate of drug-likeness (QED) is 0.174. The van der Waals surface area contributed by atoms with Crippen LogP contribution in [0.4, 0.5) is 0 Å². The molecule has 0 rings (SSSR count). The minimum absolute atomic E-state index is 0.0446. The van der Waals surface area contributed by atoms with Gasteiger partial charge in [0.05, 0.1) is 6.04 Å². The lowest BCUT2D eigenvalue weighted by Gasteiger charge is -2.12. The number of aliphatic imine (C=N–C) groups is 1. The third-order valence-electron chi connectivity index (χ3n) is 3.99. The van der Waals surface area contributed by atoms with Crippen molar-refractivity contribution in [2.45, 2.75) is 90.0 Å². The second-order valence-corrected chi connectivity index (χ2v) is 6.34. The molecule has 1 amide bonds. The molecule has 0 aliphatic heterocycles. The number of unbranched alkanes of at least 4 members (excludes halogenated alkanes) is 8. The number of hydrogen-bond acceptors (Lipinski definition) is 3. The Morgan fingerprint density at radius 1 is 1.00 bits per heavy atom. The topological polar surface area (TPSA) is 111 Å². The van der Waals surface area contributed by atoms with Gasteiger partial charge in [0.25, 0.3) is 0 Å². The largest absolute Gasteiger partial charge is 0.370 e. The SMILES string of the molecule is CCCCCCCCCCCC(=O)N[C@@H](C=O)CCCN=C(N)N. The van der Waals surface area contributed by atoms with Crippen molar-refractivity contribution in [3.63, 3.8) is 0 Å². The van der Waals surface area contributed by atoms with Crippen molar-refractivity contribution in [1.82, 2.24) is 5.32 Å². The fourth-order valence-electron chi connectivity index (χ4n) is 2.57. The van der Waals surface area contributed by atoms with Crippen LogP contribution in [-0.4, -0.2) is 30.7 Å². The van der Waals surface area contributed by atoms with Crippen LogP contribution in [0.1, 0.15) is 84.0 Å². The van der Waals surface area contributed by atoms with Crippen LogP contribution >= 0.6 is 0 Å². The van der Waals surface area contributed by atoms with E-state index in [1.807, 2.05) is 0 Å². The van der Waals surface area contributed by atoms with Gasteiger partial charge in [0.15, 0.2) is 5.96 Å². The number of rotatable bonds is 16. The smallest absolute Gasteiger partial charge is 0.220 e. The second kappa shape index (κ2) is 16.3. The van der Waals surface area contributed by atoms with Gasteiger partial charge in [0.1, 0.15) is 6.29 Å². The minimum Gasteiger partial charge on any atom is -0.370 e. The van der Waals surface area contributed by atoms with Gasteiger partial charge >= 0.3 is 0 Å². The van der Waals surface area contributed by atoms with E-state index in [0.29, 0.717) is 25.8 Å². The van der Waals surface area contributed by atoms with E-state index in [0.717, 1.165) is 19.1 Å². The maximum atomic E-state index is 11.8. The van der Waals surface area contributed by atoms with Crippen molar-refractivity contribution in [2.75, 3.05) is 6.54 Å². The van der Waals surface area contributed by atoms with Crippen molar-refractivity contribution in [1.29, 1.82) is 0 Å². The molecular formula is C18H36N4O2. The fraction of sp³-hybridized carbons (Fsp3) is 0.833. The van der Waals surface area contributed by atoms with Crippen LogP contribution in [0.2, 0.25) is 0 Å². The molecule has 0 saturated carbocycles. The molecule has 0 spiro atoms. The van der Waals surface area contributed by atoms with Crippen molar-refractivity contribution >= 4 is 18.2 Å². The van der Waals surface area contributed by atoms with Crippen LogP contribution in [0.5, 0.6) is 0 Å². The number of hydrogen-bond donors (Lipinski definition) is 3. The minimum atomic E-state index is -0.440. The zero-order chi connectivity index (χ0) is 18.0. The molecule has 0 fully saturated rings. The van der Waals surface area contributed by atoms with E-state index in [1.165, 1.54) is 44.9 Å². The first-order valence-electron chi connectivity index (χ1n) is 9.40. The lowest BCUT2D eigenvalue weighted by molar-refractivity contribution is -0.124. The zero-order valence-corrected chi connectivity index (χ0v) is 15.3. The monoisotopic (exact) mass is 340 g/mol. The number of carbonyl (C=O) groups is 2. The van der Waals surface area contributed by atoms with Gasteiger partial charge in [-0.15, -0.1) is 0 Å². The molecule has 0 heterocycles. The number of nitrogens with two attached hydrogens (primary N) is 2. The highest BCUT2D eigenvalue weighted by Crippen LogP contribution is 2.10. The molecule has 6 heteroatoms. The summed E-state index contributed by atoms with van der Waals surface area (Å²) in [5.41, 5.74) is 10.5. The van der Waals surface area contributed by atoms with Crippen LogP contribution in [-0.2, 0) is 9.59 Å². The number of guanidine groups is 1. The lowest BCUT2D eigenvalue weighted by Crippen LogP contribution is -2.36. The Balaban J connectivity index is 3.58. The van der Waals surface area contributed by atoms with Crippen molar-refractivity contribution < 1.29 is 9.59 Å². The van der Waals surface area contributed by atoms with E-state index in [2.05, 4.69) is 17.2 Å². The Morgan fingerprint density at radius 2 is 1.58 bits per heavy atom. The Morgan fingerprint density at radius 3 is 2.12 bits per heavy atom. The van der Waals surface area contributed by atoms with E-state index in [9.17, 15) is 9.59 Å². The number of carbonyl (C=O) groups excluding carboxylic acids is 2. The Labute approximate surface area is 146 Å². The van der Waals surface area contributed by atoms with Crippen LogP contribution in [0, 0.1) is 0 Å². The molecule has 0 aromatic carbocycles. The number of amides is 1. The summed E-state index contributed by atoms with van der Waals surface area (Å²) in [4.78, 5) is 26.7. The third-order valence-corrected chi connectivity index (χ3v) is 3.99. The summed E-state index contributed by atoms with van der Waals surface area (Å²) in [5, 5.41) is 2.76. The second-order valence-electron chi connectivity index (χ2n) is 6.34. The summed E-state index contributed by atoms with van der Waals surface area (Å²) in [6, 6.07) is -0.440. The van der Waals surface area contributed by atoms with Gasteiger partial charge in [-0.05, 0) is 19.3 Å². The van der Waals surface area contributed by atoms with Gasteiger partial charge in [0.2, 0.25) is 5.91 Å². The number of nitrogens with zero attached hydrogens (tertiary/aromatic N) is 1. The molecule has 0 bridgehead atoms. The highest BCUT2D eigenvalue weighted by molar-refractivity contribution is 5.79. The number of nitrogens with one attached hydrogen (secondary N) is 1. The molecule has 6 nitrogen and oxygen atoms in total. The Kier molecular flexibility index (Phi) is 15.2. The molecule has 0 aliphatic rings. The summed E-state index contributed by atoms with van der Waals surface area (Å²) < 4.78 is 0. The van der Waals surface area contributed by atoms with Crippen LogP contribution in [0.25, 0.3) is 0 Å². The van der Waals surface area contributed by atoms with E-state index in [-0.39, 0.29) is 11.9 Å². The van der Waals surface area contributed by atoms with Crippen LogP contribution in [0.15, 0.2) is 4.99 Å². The highest BCUT2D eigenvalue weighted by Gasteiger charge is 2.10. The van der Waals surface area contributed by atoms with Crippen molar-refractivity contribution in [3.05, 3.63) is 0 Å². The van der Waals surface area contributed by atoms with Gasteiger partial charge in [-0.3, -0.25) is 9.79 Å². The molecule has 0 unspecified atom stereocenters. The molecule has 0 aromatic heterocycles. The average Bonchev–Trinajstić information content (AvgIpc) is 2.55. The van der Waals surface area contributed by atoms with Crippen molar-refractivity contribution in [2.24, 2.45) is 16.5 Å². The van der Waals surface area contributed by atoms with Crippen LogP contribution < -0.4 is 16.8 Å². The Hall–Kier alpha value is -1.59. The predicted molar refractivity (Wildman–Crippen MR) is 99.7 cm³/mol. The van der Waals surface area contributed by atoms with Gasteiger partial charge in [0, 0.05) is 13.0 Å². The first-order chi connectivity index (χ1) is 11.6.